The molecule has 0 bridgehead atoms. The van der Waals surface area contributed by atoms with Gasteiger partial charge in [0, 0.05) is 19.5 Å². The van der Waals surface area contributed by atoms with E-state index in [4.69, 9.17) is 28.7 Å². The van der Waals surface area contributed by atoms with Gasteiger partial charge in [-0.05, 0) is 70.1 Å². The Bertz CT molecular complexity index is 1600. The van der Waals surface area contributed by atoms with Crippen LogP contribution in [0.1, 0.15) is 58.4 Å². The highest BCUT2D eigenvalue weighted by atomic mass is 16.3. The summed E-state index contributed by atoms with van der Waals surface area (Å²) < 4.78 is 0. The van der Waals surface area contributed by atoms with Crippen LogP contribution in [0, 0.1) is 5.92 Å². The SMILES string of the molecule is CC(C)C[C@@H]1NC(=O)[C@@H](Cc2ccccc2)NC(=O)[C@H](CCN)NC(=O)[C@@H](NC(=O)[C@@H](N)CN)CCNC(=O)[C@H]([C@@H](C)O)NC(=O)[C@H](CCN)NC(=O)[C@H](CCN)NC1=O. The molecule has 1 heterocycles. The molecule has 22 nitrogen and oxygen atoms in total. The van der Waals surface area contributed by atoms with Crippen molar-refractivity contribution in [3.05, 3.63) is 35.9 Å². The van der Waals surface area contributed by atoms with Crippen molar-refractivity contribution in [2.75, 3.05) is 32.7 Å². The molecule has 0 radical (unpaired) electrons. The second-order valence-electron chi connectivity index (χ2n) is 15.1. The Morgan fingerprint density at radius 2 is 1.12 bits per heavy atom. The normalized spacial score (nSPS) is 25.6. The molecule has 1 aromatic carbocycles. The van der Waals surface area contributed by atoms with Crippen LogP contribution in [0.5, 0.6) is 0 Å². The molecule has 9 atom stereocenters. The van der Waals surface area contributed by atoms with Crippen LogP contribution in [0.15, 0.2) is 30.3 Å². The summed E-state index contributed by atoms with van der Waals surface area (Å²) in [6.45, 7) is 4.05. The van der Waals surface area contributed by atoms with E-state index in [2.05, 4.69) is 42.5 Å². The molecule has 1 saturated heterocycles. The molecule has 60 heavy (non-hydrogen) atoms. The predicted molar refractivity (Wildman–Crippen MR) is 220 cm³/mol. The van der Waals surface area contributed by atoms with Crippen LogP contribution in [0.25, 0.3) is 0 Å². The summed E-state index contributed by atoms with van der Waals surface area (Å²) in [5.41, 5.74) is 29.4. The first kappa shape index (κ1) is 50.9. The first-order valence-electron chi connectivity index (χ1n) is 20.1. The molecule has 1 fully saturated rings. The molecule has 336 valence electrons. The third kappa shape index (κ3) is 16.8. The van der Waals surface area contributed by atoms with Gasteiger partial charge in [0.05, 0.1) is 12.1 Å². The maximum absolute atomic E-state index is 14.1. The average Bonchev–Trinajstić information content (AvgIpc) is 3.20. The minimum Gasteiger partial charge on any atom is -0.391 e. The lowest BCUT2D eigenvalue weighted by Gasteiger charge is -2.28. The number of aliphatic hydroxyl groups excluding tert-OH is 1. The van der Waals surface area contributed by atoms with E-state index in [1.54, 1.807) is 30.3 Å². The van der Waals surface area contributed by atoms with Crippen LogP contribution in [0.4, 0.5) is 0 Å². The van der Waals surface area contributed by atoms with Gasteiger partial charge in [0.25, 0.3) is 0 Å². The van der Waals surface area contributed by atoms with E-state index in [0.29, 0.717) is 5.56 Å². The molecule has 0 aromatic heterocycles. The molecule has 1 aliphatic rings. The predicted octanol–water partition coefficient (Wildman–Crippen LogP) is -6.10. The number of hydrogen-bond donors (Lipinski definition) is 14. The molecule has 0 saturated carbocycles. The largest absolute Gasteiger partial charge is 0.391 e. The zero-order valence-corrected chi connectivity index (χ0v) is 34.5. The van der Waals surface area contributed by atoms with Gasteiger partial charge >= 0.3 is 0 Å². The van der Waals surface area contributed by atoms with E-state index in [9.17, 15) is 43.5 Å². The summed E-state index contributed by atoms with van der Waals surface area (Å²) in [7, 11) is 0. The second-order valence-corrected chi connectivity index (χ2v) is 15.1. The topological polar surface area (TPSA) is 383 Å². The van der Waals surface area contributed by atoms with Crippen LogP contribution in [0.3, 0.4) is 0 Å². The Balaban J connectivity index is 2.69. The monoisotopic (exact) mass is 848 g/mol. The Morgan fingerprint density at radius 3 is 1.60 bits per heavy atom. The van der Waals surface area contributed by atoms with Crippen molar-refractivity contribution in [1.29, 1.82) is 0 Å². The van der Waals surface area contributed by atoms with Gasteiger partial charge in [0.15, 0.2) is 0 Å². The van der Waals surface area contributed by atoms with Crippen molar-refractivity contribution < 1.29 is 43.5 Å². The van der Waals surface area contributed by atoms with Crippen molar-refractivity contribution >= 4 is 47.3 Å². The van der Waals surface area contributed by atoms with Gasteiger partial charge in [-0.3, -0.25) is 38.4 Å². The van der Waals surface area contributed by atoms with E-state index in [1.165, 1.54) is 6.92 Å². The number of nitrogens with two attached hydrogens (primary N) is 5. The summed E-state index contributed by atoms with van der Waals surface area (Å²) in [4.78, 5) is 109. The van der Waals surface area contributed by atoms with Gasteiger partial charge in [-0.15, -0.1) is 0 Å². The van der Waals surface area contributed by atoms with E-state index in [0.717, 1.165) is 0 Å². The maximum Gasteiger partial charge on any atom is 0.245 e. The van der Waals surface area contributed by atoms with Gasteiger partial charge in [-0.1, -0.05) is 44.2 Å². The van der Waals surface area contributed by atoms with Crippen LogP contribution in [0.2, 0.25) is 0 Å². The number of aliphatic hydroxyl groups is 1. The molecular formula is C38H65N13O9. The maximum atomic E-state index is 14.1. The Hall–Kier alpha value is -5.26. The summed E-state index contributed by atoms with van der Waals surface area (Å²) in [6.07, 6.45) is -1.96. The van der Waals surface area contributed by atoms with Crippen LogP contribution < -0.4 is 71.2 Å². The summed E-state index contributed by atoms with van der Waals surface area (Å²) in [5.74, 6) is -6.74. The average molecular weight is 848 g/mol. The van der Waals surface area contributed by atoms with Gasteiger partial charge in [-0.25, -0.2) is 0 Å². The molecular weight excluding hydrogens is 782 g/mol. The minimum atomic E-state index is -1.56. The van der Waals surface area contributed by atoms with Gasteiger partial charge in [0.1, 0.15) is 42.3 Å². The lowest BCUT2D eigenvalue weighted by molar-refractivity contribution is -0.136. The Labute approximate surface area is 349 Å². The minimum absolute atomic E-state index is 0.0384. The third-order valence-electron chi connectivity index (χ3n) is 9.54. The van der Waals surface area contributed by atoms with E-state index < -0.39 is 102 Å². The summed E-state index contributed by atoms with van der Waals surface area (Å²) in [5, 5.41) is 31.0. The van der Waals surface area contributed by atoms with E-state index in [-0.39, 0.29) is 77.2 Å². The van der Waals surface area contributed by atoms with E-state index in [1.807, 2.05) is 13.8 Å². The first-order chi connectivity index (χ1) is 28.4. The number of rotatable bonds is 14. The molecule has 0 spiro atoms. The number of hydrogen-bond acceptors (Lipinski definition) is 14. The highest BCUT2D eigenvalue weighted by molar-refractivity contribution is 5.98. The highest BCUT2D eigenvalue weighted by Crippen LogP contribution is 2.10. The molecule has 22 heteroatoms. The lowest BCUT2D eigenvalue weighted by Crippen LogP contribution is -2.61. The molecule has 19 N–H and O–H groups in total. The number of carbonyl (C=O) groups excluding carboxylic acids is 8. The van der Waals surface area contributed by atoms with Crippen molar-refractivity contribution in [2.45, 2.75) is 114 Å². The smallest absolute Gasteiger partial charge is 0.245 e. The molecule has 1 aromatic rings. The van der Waals surface area contributed by atoms with Crippen LogP contribution >= 0.6 is 0 Å². The standard InChI is InChI=1S/C38H65N13O9/c1-20(2)17-28-36(58)48-24(9-13-39)32(54)47-26(11-15-41)35(57)51-30(21(3)52)38(60)44-16-12-27(45-31(53)23(43)19-42)34(56)46-25(10-14-40)33(55)50-29(37(59)49-28)18-22-7-5-4-6-8-22/h4-8,20-21,23-30,52H,9-19,39-43H2,1-3H3,(H,44,60)(H,45,53)(H,46,56)(H,47,54)(H,48,58)(H,49,59)(H,50,55)(H,51,57)/t21-,23+,24+,25+,26+,27+,28+,29-,30+/m1/s1. The molecule has 1 aliphatic heterocycles. The van der Waals surface area contributed by atoms with Crippen molar-refractivity contribution in [2.24, 2.45) is 34.6 Å². The van der Waals surface area contributed by atoms with Gasteiger partial charge in [0.2, 0.25) is 47.3 Å². The van der Waals surface area contributed by atoms with Crippen molar-refractivity contribution in [3.8, 4) is 0 Å². The fourth-order valence-electron chi connectivity index (χ4n) is 6.19. The zero-order valence-electron chi connectivity index (χ0n) is 34.5. The Morgan fingerprint density at radius 1 is 0.667 bits per heavy atom. The number of amides is 8. The van der Waals surface area contributed by atoms with Gasteiger partial charge in [-0.2, -0.15) is 0 Å². The molecule has 0 unspecified atom stereocenters. The van der Waals surface area contributed by atoms with Gasteiger partial charge < -0.3 is 76.3 Å². The molecule has 0 aliphatic carbocycles. The summed E-state index contributed by atoms with van der Waals surface area (Å²) in [6, 6.07) is -1.95. The Kier molecular flexibility index (Phi) is 22.1. The fraction of sp³-hybridized carbons (Fsp3) is 0.632. The number of carbonyl (C=O) groups is 8. The van der Waals surface area contributed by atoms with E-state index >= 15 is 0 Å². The summed E-state index contributed by atoms with van der Waals surface area (Å²) >= 11 is 0. The van der Waals surface area contributed by atoms with Crippen molar-refractivity contribution in [3.63, 3.8) is 0 Å². The van der Waals surface area contributed by atoms with Crippen molar-refractivity contribution in [1.82, 2.24) is 42.5 Å². The number of benzene rings is 1. The zero-order chi connectivity index (χ0) is 44.9. The van der Waals surface area contributed by atoms with Crippen LogP contribution in [-0.4, -0.2) is 140 Å². The second kappa shape index (κ2) is 26.1. The first-order valence-corrected chi connectivity index (χ1v) is 20.1. The fourth-order valence-corrected chi connectivity index (χ4v) is 6.19. The quantitative estimate of drug-likeness (QED) is 0.0829. The lowest BCUT2D eigenvalue weighted by atomic mass is 10.00. The molecule has 2 rings (SSSR count). The third-order valence-corrected chi connectivity index (χ3v) is 9.54. The van der Waals surface area contributed by atoms with Crippen LogP contribution in [-0.2, 0) is 44.8 Å². The number of nitrogens with one attached hydrogen (secondary N) is 8. The highest BCUT2D eigenvalue weighted by Gasteiger charge is 2.35. The molecule has 8 amide bonds.